The zero-order valence-electron chi connectivity index (χ0n) is 21.4. The smallest absolute Gasteiger partial charge is 0.336 e. The Morgan fingerprint density at radius 3 is 1.73 bits per heavy atom. The van der Waals surface area contributed by atoms with Gasteiger partial charge in [0.25, 0.3) is 0 Å². The van der Waals surface area contributed by atoms with Crippen LogP contribution in [-0.2, 0) is 9.59 Å². The number of fused-ring (bicyclic) bond motifs is 2. The minimum Gasteiger partial charge on any atom is -0.427 e. The molecule has 0 aliphatic carbocycles. The van der Waals surface area contributed by atoms with E-state index in [-0.39, 0.29) is 5.97 Å². The maximum atomic E-state index is 11.7. The van der Waals surface area contributed by atoms with Gasteiger partial charge in [-0.15, -0.1) is 0 Å². The van der Waals surface area contributed by atoms with Gasteiger partial charge in [0.15, 0.2) is 0 Å². The lowest BCUT2D eigenvalue weighted by atomic mass is 10.1. The highest BCUT2D eigenvalue weighted by molar-refractivity contribution is 5.83. The molecule has 0 fully saturated rings. The molecule has 8 nitrogen and oxygen atoms in total. The molecular weight excluding hydrogens is 476 g/mol. The molecule has 2 aromatic heterocycles. The Morgan fingerprint density at radius 1 is 0.730 bits per heavy atom. The molecule has 0 amide bonds. The number of rotatable bonds is 7. The van der Waals surface area contributed by atoms with Gasteiger partial charge >= 0.3 is 23.2 Å². The van der Waals surface area contributed by atoms with Crippen LogP contribution in [0, 0.1) is 13.8 Å². The molecule has 0 saturated carbocycles. The van der Waals surface area contributed by atoms with E-state index in [0.29, 0.717) is 29.1 Å². The van der Waals surface area contributed by atoms with Crippen LogP contribution in [0.25, 0.3) is 21.9 Å². The Hall–Kier alpha value is -4.20. The molecule has 0 atom stereocenters. The highest BCUT2D eigenvalue weighted by Crippen LogP contribution is 2.23. The van der Waals surface area contributed by atoms with Gasteiger partial charge < -0.3 is 18.3 Å². The van der Waals surface area contributed by atoms with E-state index in [4.69, 9.17) is 18.3 Å². The quantitative estimate of drug-likeness (QED) is 0.130. The van der Waals surface area contributed by atoms with Crippen LogP contribution in [0.1, 0.15) is 57.1 Å². The molecule has 0 aliphatic rings. The van der Waals surface area contributed by atoms with Crippen molar-refractivity contribution in [1.29, 1.82) is 0 Å². The summed E-state index contributed by atoms with van der Waals surface area (Å²) < 4.78 is 20.3. The molecule has 4 rings (SSSR count). The molecular formula is C29H30O8. The fourth-order valence-corrected chi connectivity index (χ4v) is 3.78. The largest absolute Gasteiger partial charge is 0.427 e. The van der Waals surface area contributed by atoms with Crippen LogP contribution in [0.4, 0.5) is 0 Å². The topological polar surface area (TPSA) is 113 Å². The van der Waals surface area contributed by atoms with Crippen LogP contribution in [0.15, 0.2) is 67.0 Å². The number of hydrogen-bond acceptors (Lipinski definition) is 8. The predicted molar refractivity (Wildman–Crippen MR) is 140 cm³/mol. The third kappa shape index (κ3) is 7.90. The molecule has 194 valence electrons. The van der Waals surface area contributed by atoms with Gasteiger partial charge in [0.1, 0.15) is 22.7 Å². The van der Waals surface area contributed by atoms with Crippen molar-refractivity contribution in [1.82, 2.24) is 0 Å². The second kappa shape index (κ2) is 12.7. The van der Waals surface area contributed by atoms with Crippen LogP contribution in [0.5, 0.6) is 11.5 Å². The molecule has 4 aromatic rings. The molecule has 0 radical (unpaired) electrons. The number of carbonyl (C=O) groups is 2. The SMILES string of the molecule is CC(=O)Oc1ccc2c(C)cc(=O)oc2c1.CCCCCCC(=O)Oc1ccc2c(C)cc(=O)oc2c1. The van der Waals surface area contributed by atoms with Gasteiger partial charge in [-0.3, -0.25) is 9.59 Å². The van der Waals surface area contributed by atoms with Crippen LogP contribution in [0.3, 0.4) is 0 Å². The molecule has 37 heavy (non-hydrogen) atoms. The second-order valence-corrected chi connectivity index (χ2v) is 8.69. The molecule has 0 unspecified atom stereocenters. The average Bonchev–Trinajstić information content (AvgIpc) is 2.81. The first-order valence-electron chi connectivity index (χ1n) is 12.1. The number of ether oxygens (including phenoxy) is 2. The maximum Gasteiger partial charge on any atom is 0.336 e. The van der Waals surface area contributed by atoms with Gasteiger partial charge in [0, 0.05) is 48.4 Å². The first kappa shape index (κ1) is 27.4. The Balaban J connectivity index is 0.000000213. The lowest BCUT2D eigenvalue weighted by Crippen LogP contribution is -2.07. The third-order valence-corrected chi connectivity index (χ3v) is 5.57. The van der Waals surface area contributed by atoms with Crippen LogP contribution in [0.2, 0.25) is 0 Å². The zero-order chi connectivity index (χ0) is 26.9. The molecule has 0 aliphatic heterocycles. The normalized spacial score (nSPS) is 10.6. The Bertz CT molecular complexity index is 1530. The lowest BCUT2D eigenvalue weighted by Gasteiger charge is -2.06. The summed E-state index contributed by atoms with van der Waals surface area (Å²) in [5.41, 5.74) is 1.73. The molecule has 0 spiro atoms. The van der Waals surface area contributed by atoms with E-state index in [1.807, 2.05) is 13.8 Å². The van der Waals surface area contributed by atoms with Gasteiger partial charge in [0.2, 0.25) is 0 Å². The van der Waals surface area contributed by atoms with E-state index in [0.717, 1.165) is 47.6 Å². The molecule has 2 heterocycles. The van der Waals surface area contributed by atoms with E-state index in [9.17, 15) is 19.2 Å². The summed E-state index contributed by atoms with van der Waals surface area (Å²) in [7, 11) is 0. The van der Waals surface area contributed by atoms with E-state index >= 15 is 0 Å². The van der Waals surface area contributed by atoms with Crippen molar-refractivity contribution in [2.45, 2.75) is 59.8 Å². The van der Waals surface area contributed by atoms with Gasteiger partial charge in [-0.25, -0.2) is 9.59 Å². The summed E-state index contributed by atoms with van der Waals surface area (Å²) in [5, 5.41) is 1.67. The number of carbonyl (C=O) groups excluding carboxylic acids is 2. The van der Waals surface area contributed by atoms with Crippen molar-refractivity contribution in [2.75, 3.05) is 0 Å². The van der Waals surface area contributed by atoms with E-state index < -0.39 is 17.2 Å². The summed E-state index contributed by atoms with van der Waals surface area (Å²) in [6.07, 6.45) is 4.56. The fraction of sp³-hybridized carbons (Fsp3) is 0.310. The second-order valence-electron chi connectivity index (χ2n) is 8.69. The predicted octanol–water partition coefficient (Wildman–Crippen LogP) is 6.00. The lowest BCUT2D eigenvalue weighted by molar-refractivity contribution is -0.134. The fourth-order valence-electron chi connectivity index (χ4n) is 3.78. The Kier molecular flexibility index (Phi) is 9.38. The van der Waals surface area contributed by atoms with Crippen LogP contribution < -0.4 is 20.7 Å². The van der Waals surface area contributed by atoms with Crippen molar-refractivity contribution in [3.63, 3.8) is 0 Å². The first-order valence-corrected chi connectivity index (χ1v) is 12.1. The number of hydrogen-bond donors (Lipinski definition) is 0. The highest BCUT2D eigenvalue weighted by atomic mass is 16.5. The van der Waals surface area contributed by atoms with Gasteiger partial charge in [-0.1, -0.05) is 26.2 Å². The van der Waals surface area contributed by atoms with Crippen molar-refractivity contribution in [3.8, 4) is 11.5 Å². The van der Waals surface area contributed by atoms with Crippen molar-refractivity contribution < 1.29 is 27.9 Å². The Labute approximate surface area is 213 Å². The van der Waals surface area contributed by atoms with Crippen molar-refractivity contribution >= 4 is 33.9 Å². The molecule has 0 bridgehead atoms. The monoisotopic (exact) mass is 506 g/mol. The molecule has 2 aromatic carbocycles. The maximum absolute atomic E-state index is 11.7. The van der Waals surface area contributed by atoms with Crippen LogP contribution in [-0.4, -0.2) is 11.9 Å². The zero-order valence-corrected chi connectivity index (χ0v) is 21.4. The first-order chi connectivity index (χ1) is 17.7. The van der Waals surface area contributed by atoms with E-state index in [1.165, 1.54) is 25.1 Å². The van der Waals surface area contributed by atoms with E-state index in [1.54, 1.807) is 30.3 Å². The van der Waals surface area contributed by atoms with Gasteiger partial charge in [0.05, 0.1) is 0 Å². The number of benzene rings is 2. The van der Waals surface area contributed by atoms with Gasteiger partial charge in [-0.05, 0) is 55.7 Å². The molecule has 0 N–H and O–H groups in total. The standard InChI is InChI=1S/C17H20O4.C12H10O4/c1-3-4-5-6-7-16(18)20-13-8-9-14-12(2)10-17(19)21-15(14)11-13;1-7-5-12(14)16-11-6-9(15-8(2)13)3-4-10(7)11/h8-11H,3-7H2,1-2H3;3-6H,1-2H3. The average molecular weight is 507 g/mol. The summed E-state index contributed by atoms with van der Waals surface area (Å²) in [5.74, 6) is 0.125. The number of esters is 2. The Morgan fingerprint density at radius 2 is 1.24 bits per heavy atom. The minimum atomic E-state index is -0.412. The van der Waals surface area contributed by atoms with Crippen LogP contribution >= 0.6 is 0 Å². The highest BCUT2D eigenvalue weighted by Gasteiger charge is 2.08. The number of unbranched alkanes of at least 4 members (excludes halogenated alkanes) is 3. The van der Waals surface area contributed by atoms with Crippen molar-refractivity contribution in [2.24, 2.45) is 0 Å². The number of aryl methyl sites for hydroxylation is 2. The summed E-state index contributed by atoms with van der Waals surface area (Å²) in [6, 6.07) is 12.9. The summed E-state index contributed by atoms with van der Waals surface area (Å²) in [4.78, 5) is 45.0. The molecule has 8 heteroatoms. The van der Waals surface area contributed by atoms with Gasteiger partial charge in [-0.2, -0.15) is 0 Å². The molecule has 0 saturated heterocycles. The third-order valence-electron chi connectivity index (χ3n) is 5.57. The van der Waals surface area contributed by atoms with E-state index in [2.05, 4.69) is 6.92 Å². The van der Waals surface area contributed by atoms with Crippen molar-refractivity contribution in [3.05, 3.63) is 80.5 Å². The minimum absolute atomic E-state index is 0.250. The summed E-state index contributed by atoms with van der Waals surface area (Å²) in [6.45, 7) is 7.11. The summed E-state index contributed by atoms with van der Waals surface area (Å²) >= 11 is 0.